The Hall–Kier alpha value is -1.46. The third-order valence-electron chi connectivity index (χ3n) is 2.37. The molecule has 1 aromatic rings. The third-order valence-corrected chi connectivity index (χ3v) is 3.75. The van der Waals surface area contributed by atoms with E-state index in [1.54, 1.807) is 12.2 Å². The fraction of sp³-hybridized carbons (Fsp3) is 0.154. The van der Waals surface area contributed by atoms with Crippen LogP contribution in [0.25, 0.3) is 6.08 Å². The smallest absolute Gasteiger partial charge is 0.266 e. The lowest BCUT2D eigenvalue weighted by Gasteiger charge is -2.10. The highest BCUT2D eigenvalue weighted by Gasteiger charge is 2.30. The van der Waals surface area contributed by atoms with Crippen molar-refractivity contribution in [3.8, 4) is 0 Å². The van der Waals surface area contributed by atoms with Gasteiger partial charge in [-0.15, -0.1) is 6.58 Å². The number of carbonyl (C=O) groups excluding carboxylic acids is 1. The summed E-state index contributed by atoms with van der Waals surface area (Å²) in [6.07, 6.45) is 3.44. The molecule has 0 bridgehead atoms. The Morgan fingerprint density at radius 3 is 3.00 bits per heavy atom. The fourth-order valence-corrected chi connectivity index (χ4v) is 2.83. The lowest BCUT2D eigenvalue weighted by molar-refractivity contribution is -0.121. The molecule has 1 fully saturated rings. The topological polar surface area (TPSA) is 33.2 Å². The molecule has 1 saturated heterocycles. The van der Waals surface area contributed by atoms with Crippen LogP contribution in [0.5, 0.6) is 0 Å². The first-order valence-corrected chi connectivity index (χ1v) is 6.64. The van der Waals surface area contributed by atoms with Crippen molar-refractivity contribution in [3.63, 3.8) is 0 Å². The Morgan fingerprint density at radius 2 is 2.33 bits per heavy atom. The zero-order valence-corrected chi connectivity index (χ0v) is 11.6. The van der Waals surface area contributed by atoms with Gasteiger partial charge >= 0.3 is 0 Å². The van der Waals surface area contributed by atoms with E-state index in [-0.39, 0.29) is 5.91 Å². The molecule has 0 aliphatic carbocycles. The van der Waals surface area contributed by atoms with Crippen molar-refractivity contribution in [2.45, 2.75) is 6.92 Å². The minimum absolute atomic E-state index is 0.0757. The molecule has 18 heavy (non-hydrogen) atoms. The second kappa shape index (κ2) is 5.46. The van der Waals surface area contributed by atoms with Gasteiger partial charge in [0.25, 0.3) is 5.91 Å². The molecule has 1 aliphatic heterocycles. The van der Waals surface area contributed by atoms with Gasteiger partial charge in [-0.2, -0.15) is 0 Å². The van der Waals surface area contributed by atoms with Crippen LogP contribution in [-0.4, -0.2) is 26.7 Å². The van der Waals surface area contributed by atoms with Crippen LogP contribution in [0.2, 0.25) is 0 Å². The lowest BCUT2D eigenvalue weighted by Crippen LogP contribution is -2.27. The molecule has 0 spiro atoms. The van der Waals surface area contributed by atoms with Crippen LogP contribution >= 0.6 is 24.0 Å². The standard InChI is InChI=1S/C13H12N2OS2/c1-3-7-15-12(16)11(18-13(15)17)8-10-6-4-5-9(2)14-10/h3-6,8H,1,7H2,2H3/b11-8+. The number of thiocarbonyl (C=S) groups is 1. The van der Waals surface area contributed by atoms with E-state index in [1.165, 1.54) is 16.7 Å². The van der Waals surface area contributed by atoms with E-state index in [2.05, 4.69) is 11.6 Å². The maximum Gasteiger partial charge on any atom is 0.266 e. The van der Waals surface area contributed by atoms with Gasteiger partial charge in [0.1, 0.15) is 4.32 Å². The predicted octanol–water partition coefficient (Wildman–Crippen LogP) is 2.78. The van der Waals surface area contributed by atoms with Gasteiger partial charge in [0, 0.05) is 12.2 Å². The molecule has 5 heteroatoms. The number of rotatable bonds is 3. The molecular formula is C13H12N2OS2. The van der Waals surface area contributed by atoms with Crippen LogP contribution in [0.1, 0.15) is 11.4 Å². The van der Waals surface area contributed by atoms with Crippen LogP contribution in [-0.2, 0) is 4.79 Å². The number of aromatic nitrogens is 1. The summed E-state index contributed by atoms with van der Waals surface area (Å²) < 4.78 is 0.568. The second-order valence-electron chi connectivity index (χ2n) is 3.78. The predicted molar refractivity (Wildman–Crippen MR) is 79.1 cm³/mol. The van der Waals surface area contributed by atoms with Gasteiger partial charge < -0.3 is 0 Å². The van der Waals surface area contributed by atoms with Crippen LogP contribution in [0, 0.1) is 6.92 Å². The molecule has 3 nitrogen and oxygen atoms in total. The van der Waals surface area contributed by atoms with E-state index in [4.69, 9.17) is 12.2 Å². The summed E-state index contributed by atoms with van der Waals surface area (Å²) in [5.41, 5.74) is 1.69. The largest absolute Gasteiger partial charge is 0.289 e. The summed E-state index contributed by atoms with van der Waals surface area (Å²) in [7, 11) is 0. The first kappa shape index (κ1) is 13.0. The Labute approximate surface area is 116 Å². The monoisotopic (exact) mass is 276 g/mol. The first-order chi connectivity index (χ1) is 8.61. The first-order valence-electron chi connectivity index (χ1n) is 5.42. The fourth-order valence-electron chi connectivity index (χ4n) is 1.57. The van der Waals surface area contributed by atoms with Crippen molar-refractivity contribution < 1.29 is 4.79 Å². The Morgan fingerprint density at radius 1 is 1.56 bits per heavy atom. The molecule has 92 valence electrons. The van der Waals surface area contributed by atoms with Crippen LogP contribution < -0.4 is 0 Å². The number of hydrogen-bond acceptors (Lipinski definition) is 4. The Kier molecular flexibility index (Phi) is 3.93. The number of thioether (sulfide) groups is 1. The zero-order chi connectivity index (χ0) is 13.1. The van der Waals surface area contributed by atoms with E-state index in [9.17, 15) is 4.79 Å². The van der Waals surface area contributed by atoms with Gasteiger partial charge in [-0.05, 0) is 25.1 Å². The summed E-state index contributed by atoms with van der Waals surface area (Å²) in [4.78, 5) is 18.6. The number of aryl methyl sites for hydroxylation is 1. The molecule has 1 aromatic heterocycles. The molecule has 2 rings (SSSR count). The highest BCUT2D eigenvalue weighted by Crippen LogP contribution is 2.31. The number of hydrogen-bond donors (Lipinski definition) is 0. The molecule has 0 aromatic carbocycles. The average Bonchev–Trinajstić information content (AvgIpc) is 2.57. The summed E-state index contributed by atoms with van der Waals surface area (Å²) in [6.45, 7) is 5.98. The van der Waals surface area contributed by atoms with E-state index < -0.39 is 0 Å². The molecule has 0 radical (unpaired) electrons. The van der Waals surface area contributed by atoms with Crippen molar-refractivity contribution in [2.75, 3.05) is 6.54 Å². The molecule has 1 amide bonds. The highest BCUT2D eigenvalue weighted by molar-refractivity contribution is 8.26. The van der Waals surface area contributed by atoms with Gasteiger partial charge in [0.15, 0.2) is 0 Å². The van der Waals surface area contributed by atoms with Crippen LogP contribution in [0.15, 0.2) is 35.8 Å². The summed E-state index contributed by atoms with van der Waals surface area (Å²) in [5, 5.41) is 0. The minimum atomic E-state index is -0.0757. The number of carbonyl (C=O) groups is 1. The molecule has 1 aliphatic rings. The van der Waals surface area contributed by atoms with E-state index in [0.29, 0.717) is 15.8 Å². The van der Waals surface area contributed by atoms with Crippen molar-refractivity contribution in [1.82, 2.24) is 9.88 Å². The summed E-state index contributed by atoms with van der Waals surface area (Å²) in [6, 6.07) is 5.70. The molecular weight excluding hydrogens is 264 g/mol. The quantitative estimate of drug-likeness (QED) is 0.483. The Balaban J connectivity index is 2.27. The molecule has 0 atom stereocenters. The van der Waals surface area contributed by atoms with Gasteiger partial charge in [-0.1, -0.05) is 36.1 Å². The van der Waals surface area contributed by atoms with Crippen molar-refractivity contribution in [1.29, 1.82) is 0 Å². The zero-order valence-electron chi connectivity index (χ0n) is 9.92. The minimum Gasteiger partial charge on any atom is -0.289 e. The van der Waals surface area contributed by atoms with Gasteiger partial charge in [-0.25, -0.2) is 0 Å². The molecule has 0 unspecified atom stereocenters. The number of amides is 1. The maximum atomic E-state index is 12.1. The van der Waals surface area contributed by atoms with Gasteiger partial charge in [-0.3, -0.25) is 14.7 Å². The van der Waals surface area contributed by atoms with E-state index in [0.717, 1.165) is 11.4 Å². The van der Waals surface area contributed by atoms with Crippen molar-refractivity contribution in [3.05, 3.63) is 47.1 Å². The second-order valence-corrected chi connectivity index (χ2v) is 5.46. The normalized spacial score (nSPS) is 17.6. The van der Waals surface area contributed by atoms with E-state index in [1.807, 2.05) is 25.1 Å². The summed E-state index contributed by atoms with van der Waals surface area (Å²) >= 11 is 6.46. The van der Waals surface area contributed by atoms with Gasteiger partial charge in [0.2, 0.25) is 0 Å². The third kappa shape index (κ3) is 2.68. The molecule has 2 heterocycles. The SMILES string of the molecule is C=CCN1C(=O)/C(=C\c2cccc(C)n2)SC1=S. The molecule has 0 N–H and O–H groups in total. The lowest BCUT2D eigenvalue weighted by atomic mass is 10.3. The highest BCUT2D eigenvalue weighted by atomic mass is 32.2. The average molecular weight is 276 g/mol. The molecule has 0 saturated carbocycles. The number of pyridine rings is 1. The van der Waals surface area contributed by atoms with Crippen molar-refractivity contribution >= 4 is 40.3 Å². The Bertz CT molecular complexity index is 552. The number of nitrogens with zero attached hydrogens (tertiary/aromatic N) is 2. The van der Waals surface area contributed by atoms with Crippen LogP contribution in [0.4, 0.5) is 0 Å². The van der Waals surface area contributed by atoms with Crippen molar-refractivity contribution in [2.24, 2.45) is 0 Å². The summed E-state index contributed by atoms with van der Waals surface area (Å²) in [5.74, 6) is -0.0757. The van der Waals surface area contributed by atoms with Crippen LogP contribution in [0.3, 0.4) is 0 Å². The maximum absolute atomic E-state index is 12.1. The van der Waals surface area contributed by atoms with E-state index >= 15 is 0 Å². The van der Waals surface area contributed by atoms with Gasteiger partial charge in [0.05, 0.1) is 10.6 Å².